The fourth-order valence-electron chi connectivity index (χ4n) is 2.08. The van der Waals surface area contributed by atoms with Crippen molar-refractivity contribution < 1.29 is 5.21 Å². The van der Waals surface area contributed by atoms with E-state index in [2.05, 4.69) is 20.3 Å². The highest BCUT2D eigenvalue weighted by Gasteiger charge is 2.29. The number of nitrogens with zero attached hydrogens (tertiary/aromatic N) is 4. The highest BCUT2D eigenvalue weighted by Crippen LogP contribution is 2.38. The van der Waals surface area contributed by atoms with Gasteiger partial charge in [0.25, 0.3) is 0 Å². The zero-order valence-corrected chi connectivity index (χ0v) is 12.1. The number of hydrogen-bond donors (Lipinski definition) is 3. The minimum atomic E-state index is -0.224. The minimum absolute atomic E-state index is 0.0149. The lowest BCUT2D eigenvalue weighted by atomic mass is 10.1. The molecule has 2 aromatic heterocycles. The predicted molar refractivity (Wildman–Crippen MR) is 76.7 cm³/mol. The molecule has 1 saturated carbocycles. The lowest BCUT2D eigenvalue weighted by Crippen LogP contribution is -2.18. The van der Waals surface area contributed by atoms with E-state index in [4.69, 9.17) is 10.9 Å². The smallest absolute Gasteiger partial charge is 0.344 e. The Labute approximate surface area is 124 Å². The number of pyridine rings is 1. The Balaban J connectivity index is 2.03. The second kappa shape index (κ2) is 5.24. The molecule has 1 fully saturated rings. The Morgan fingerprint density at radius 2 is 2.38 bits per heavy atom. The first-order valence-corrected chi connectivity index (χ1v) is 7.21. The summed E-state index contributed by atoms with van der Waals surface area (Å²) >= 11 is 1.23. The minimum Gasteiger partial charge on any atom is -0.409 e. The van der Waals surface area contributed by atoms with Gasteiger partial charge in [-0.1, -0.05) is 5.16 Å². The van der Waals surface area contributed by atoms with E-state index >= 15 is 0 Å². The molecule has 2 aromatic rings. The van der Waals surface area contributed by atoms with Gasteiger partial charge in [0.2, 0.25) is 0 Å². The number of oxime groups is 1. The van der Waals surface area contributed by atoms with Crippen LogP contribution in [0.5, 0.6) is 0 Å². The number of nitrogens with one attached hydrogen (secondary N) is 1. The summed E-state index contributed by atoms with van der Waals surface area (Å²) in [5.41, 5.74) is 6.87. The molecule has 4 N–H and O–H groups in total. The van der Waals surface area contributed by atoms with Crippen molar-refractivity contribution in [3.8, 4) is 0 Å². The molecule has 9 heteroatoms. The number of aryl methyl sites for hydroxylation is 1. The molecule has 3 rings (SSSR count). The highest BCUT2D eigenvalue weighted by atomic mass is 32.2. The zero-order valence-electron chi connectivity index (χ0n) is 11.3. The first kappa shape index (κ1) is 13.7. The van der Waals surface area contributed by atoms with Gasteiger partial charge < -0.3 is 10.9 Å². The van der Waals surface area contributed by atoms with Gasteiger partial charge in [-0.3, -0.25) is 4.57 Å². The zero-order chi connectivity index (χ0) is 15.0. The molecule has 0 aliphatic heterocycles. The third-order valence-electron chi connectivity index (χ3n) is 3.26. The molecule has 0 radical (unpaired) electrons. The van der Waals surface area contributed by atoms with Crippen LogP contribution in [0.2, 0.25) is 0 Å². The van der Waals surface area contributed by atoms with E-state index in [1.54, 1.807) is 16.8 Å². The monoisotopic (exact) mass is 306 g/mol. The second-order valence-corrected chi connectivity index (χ2v) is 5.76. The van der Waals surface area contributed by atoms with Gasteiger partial charge in [-0.05, 0) is 43.2 Å². The molecule has 0 spiro atoms. The normalized spacial score (nSPS) is 15.4. The SMILES string of the molecule is Cc1ccnc(Sc2n[nH]c(=O)n2C2CC2)c1/C(N)=N/O. The summed E-state index contributed by atoms with van der Waals surface area (Å²) in [4.78, 5) is 16.0. The third kappa shape index (κ3) is 2.51. The number of nitrogens with two attached hydrogens (primary N) is 1. The van der Waals surface area contributed by atoms with Gasteiger partial charge >= 0.3 is 5.69 Å². The van der Waals surface area contributed by atoms with Gasteiger partial charge in [0.1, 0.15) is 5.03 Å². The van der Waals surface area contributed by atoms with E-state index < -0.39 is 0 Å². The first-order chi connectivity index (χ1) is 10.1. The Hall–Kier alpha value is -2.29. The number of H-pyrrole nitrogens is 1. The summed E-state index contributed by atoms with van der Waals surface area (Å²) in [5.74, 6) is -0.0149. The number of aromatic nitrogens is 4. The standard InChI is InChI=1S/C12H14N6O2S/c1-6-4-5-14-10(8(6)9(13)17-20)21-12-16-15-11(19)18(12)7-2-3-7/h4-5,7,20H,2-3H2,1H3,(H2,13,17)(H,15,19). The Morgan fingerprint density at radius 3 is 3.05 bits per heavy atom. The molecule has 110 valence electrons. The fraction of sp³-hybridized carbons (Fsp3) is 0.333. The molecule has 0 atom stereocenters. The van der Waals surface area contributed by atoms with Gasteiger partial charge in [0, 0.05) is 12.2 Å². The van der Waals surface area contributed by atoms with Crippen LogP contribution in [-0.2, 0) is 0 Å². The molecule has 0 aromatic carbocycles. The molecule has 1 aliphatic rings. The van der Waals surface area contributed by atoms with Crippen molar-refractivity contribution in [1.82, 2.24) is 19.7 Å². The van der Waals surface area contributed by atoms with E-state index in [1.165, 1.54) is 11.8 Å². The molecular formula is C12H14N6O2S. The molecule has 21 heavy (non-hydrogen) atoms. The summed E-state index contributed by atoms with van der Waals surface area (Å²) in [6.07, 6.45) is 3.58. The Kier molecular flexibility index (Phi) is 3.42. The van der Waals surface area contributed by atoms with Crippen molar-refractivity contribution in [2.45, 2.75) is 36.0 Å². The van der Waals surface area contributed by atoms with Crippen LogP contribution in [0, 0.1) is 6.92 Å². The first-order valence-electron chi connectivity index (χ1n) is 6.40. The van der Waals surface area contributed by atoms with Gasteiger partial charge in [-0.25, -0.2) is 14.9 Å². The third-order valence-corrected chi connectivity index (χ3v) is 4.23. The van der Waals surface area contributed by atoms with Crippen molar-refractivity contribution >= 4 is 17.6 Å². The van der Waals surface area contributed by atoms with Crippen LogP contribution in [0.1, 0.15) is 30.0 Å². The van der Waals surface area contributed by atoms with Crippen LogP contribution in [0.25, 0.3) is 0 Å². The molecule has 1 aliphatic carbocycles. The maximum Gasteiger partial charge on any atom is 0.344 e. The van der Waals surface area contributed by atoms with E-state index in [-0.39, 0.29) is 17.6 Å². The van der Waals surface area contributed by atoms with E-state index in [0.717, 1.165) is 18.4 Å². The molecule has 0 amide bonds. The van der Waals surface area contributed by atoms with Crippen molar-refractivity contribution in [3.05, 3.63) is 33.9 Å². The van der Waals surface area contributed by atoms with Gasteiger partial charge in [0.05, 0.1) is 5.56 Å². The number of hydrogen-bond acceptors (Lipinski definition) is 6. The molecule has 0 unspecified atom stereocenters. The van der Waals surface area contributed by atoms with Crippen LogP contribution in [-0.4, -0.2) is 30.8 Å². The quantitative estimate of drug-likeness (QED) is 0.333. The maximum absolute atomic E-state index is 11.8. The summed E-state index contributed by atoms with van der Waals surface area (Å²) < 4.78 is 1.63. The van der Waals surface area contributed by atoms with Gasteiger partial charge in [-0.2, -0.15) is 0 Å². The largest absolute Gasteiger partial charge is 0.409 e. The van der Waals surface area contributed by atoms with Crippen molar-refractivity contribution in [2.24, 2.45) is 10.9 Å². The van der Waals surface area contributed by atoms with E-state index in [9.17, 15) is 4.79 Å². The van der Waals surface area contributed by atoms with Crippen LogP contribution >= 0.6 is 11.8 Å². The molecular weight excluding hydrogens is 292 g/mol. The second-order valence-electron chi connectivity index (χ2n) is 4.81. The molecule has 2 heterocycles. The van der Waals surface area contributed by atoms with Crippen molar-refractivity contribution in [3.63, 3.8) is 0 Å². The maximum atomic E-state index is 11.8. The number of amidine groups is 1. The lowest BCUT2D eigenvalue weighted by Gasteiger charge is -2.09. The average molecular weight is 306 g/mol. The number of aromatic amines is 1. The summed E-state index contributed by atoms with van der Waals surface area (Å²) in [5, 5.41) is 19.5. The van der Waals surface area contributed by atoms with Gasteiger partial charge in [0.15, 0.2) is 11.0 Å². The van der Waals surface area contributed by atoms with Crippen LogP contribution in [0.15, 0.2) is 32.4 Å². The lowest BCUT2D eigenvalue weighted by molar-refractivity contribution is 0.318. The Bertz CT molecular complexity index is 761. The summed E-state index contributed by atoms with van der Waals surface area (Å²) in [7, 11) is 0. The highest BCUT2D eigenvalue weighted by molar-refractivity contribution is 7.99. The molecule has 0 bridgehead atoms. The van der Waals surface area contributed by atoms with Crippen LogP contribution in [0.4, 0.5) is 0 Å². The average Bonchev–Trinajstić information content (AvgIpc) is 3.23. The van der Waals surface area contributed by atoms with Crippen molar-refractivity contribution in [2.75, 3.05) is 0 Å². The summed E-state index contributed by atoms with van der Waals surface area (Å²) in [6.45, 7) is 1.84. The van der Waals surface area contributed by atoms with E-state index in [1.807, 2.05) is 6.92 Å². The molecule has 0 saturated heterocycles. The fourth-order valence-corrected chi connectivity index (χ4v) is 3.15. The van der Waals surface area contributed by atoms with Crippen LogP contribution < -0.4 is 11.4 Å². The predicted octanol–water partition coefficient (Wildman–Crippen LogP) is 0.855. The topological polar surface area (TPSA) is 122 Å². The van der Waals surface area contributed by atoms with Gasteiger partial charge in [-0.15, -0.1) is 5.10 Å². The Morgan fingerprint density at radius 1 is 1.62 bits per heavy atom. The van der Waals surface area contributed by atoms with Crippen molar-refractivity contribution in [1.29, 1.82) is 0 Å². The molecule has 8 nitrogen and oxygen atoms in total. The number of rotatable bonds is 4. The van der Waals surface area contributed by atoms with Crippen LogP contribution in [0.3, 0.4) is 0 Å². The summed E-state index contributed by atoms with van der Waals surface area (Å²) in [6, 6.07) is 1.98. The van der Waals surface area contributed by atoms with E-state index in [0.29, 0.717) is 15.7 Å².